The molecule has 0 fully saturated rings. The number of rotatable bonds is 1. The molecule has 0 aromatic heterocycles. The van der Waals surface area contributed by atoms with E-state index in [1.165, 1.54) is 12.0 Å². The predicted molar refractivity (Wildman–Crippen MR) is 54.8 cm³/mol. The third kappa shape index (κ3) is 1.90. The van der Waals surface area contributed by atoms with Crippen LogP contribution in [0.4, 0.5) is 0 Å². The van der Waals surface area contributed by atoms with E-state index < -0.39 is 7.60 Å². The second kappa shape index (κ2) is 3.50. The van der Waals surface area contributed by atoms with E-state index in [0.29, 0.717) is 0 Å². The lowest BCUT2D eigenvalue weighted by Crippen LogP contribution is -2.10. The van der Waals surface area contributed by atoms with Crippen molar-refractivity contribution < 1.29 is 14.4 Å². The van der Waals surface area contributed by atoms with E-state index in [-0.39, 0.29) is 5.30 Å². The average molecular weight is 212 g/mol. The molecular weight excluding hydrogens is 199 g/mol. The summed E-state index contributed by atoms with van der Waals surface area (Å²) < 4.78 is 11.0. The van der Waals surface area contributed by atoms with Crippen LogP contribution in [0.15, 0.2) is 18.2 Å². The summed E-state index contributed by atoms with van der Waals surface area (Å²) >= 11 is 0. The minimum Gasteiger partial charge on any atom is -0.321 e. The van der Waals surface area contributed by atoms with Crippen molar-refractivity contribution in [1.29, 1.82) is 0 Å². The Bertz CT molecular complexity index is 394. The summed E-state index contributed by atoms with van der Waals surface area (Å²) in [6, 6.07) is 5.06. The van der Waals surface area contributed by atoms with Crippen molar-refractivity contribution in [3.8, 4) is 0 Å². The molecule has 1 aliphatic carbocycles. The third-order valence-corrected chi connectivity index (χ3v) is 3.62. The molecule has 76 valence electrons. The van der Waals surface area contributed by atoms with E-state index in [2.05, 4.69) is 0 Å². The standard InChI is InChI=1S/C10H13O3P/c11-14(12,13)10-6-5-8-3-1-2-4-9(8)7-10/h5-7H,1-4H2,(H2,11,12,13). The van der Waals surface area contributed by atoms with E-state index in [9.17, 15) is 4.57 Å². The summed E-state index contributed by atoms with van der Waals surface area (Å²) in [6.07, 6.45) is 4.29. The summed E-state index contributed by atoms with van der Waals surface area (Å²) in [7, 11) is -4.06. The first-order chi connectivity index (χ1) is 6.57. The van der Waals surface area contributed by atoms with Crippen molar-refractivity contribution in [1.82, 2.24) is 0 Å². The largest absolute Gasteiger partial charge is 0.356 e. The molecule has 2 rings (SSSR count). The molecule has 0 spiro atoms. The Balaban J connectivity index is 2.44. The zero-order chi connectivity index (χ0) is 10.2. The lowest BCUT2D eigenvalue weighted by atomic mass is 9.92. The van der Waals surface area contributed by atoms with E-state index in [4.69, 9.17) is 9.79 Å². The predicted octanol–water partition coefficient (Wildman–Crippen LogP) is 1.37. The maximum Gasteiger partial charge on any atom is 0.356 e. The van der Waals surface area contributed by atoms with Gasteiger partial charge < -0.3 is 9.79 Å². The second-order valence-corrected chi connectivity index (χ2v) is 5.31. The molecule has 2 N–H and O–H groups in total. The molecule has 1 aromatic carbocycles. The highest BCUT2D eigenvalue weighted by Crippen LogP contribution is 2.34. The number of aryl methyl sites for hydroxylation is 2. The number of hydrogen-bond acceptors (Lipinski definition) is 1. The van der Waals surface area contributed by atoms with Gasteiger partial charge in [-0.1, -0.05) is 6.07 Å². The summed E-state index contributed by atoms with van der Waals surface area (Å²) in [5, 5.41) is 0.151. The van der Waals surface area contributed by atoms with Crippen LogP contribution in [-0.2, 0) is 17.4 Å². The van der Waals surface area contributed by atoms with E-state index >= 15 is 0 Å². The van der Waals surface area contributed by atoms with Crippen molar-refractivity contribution in [2.75, 3.05) is 0 Å². The maximum atomic E-state index is 11.0. The normalized spacial score (nSPS) is 16.4. The first-order valence-electron chi connectivity index (χ1n) is 4.75. The molecule has 0 aliphatic heterocycles. The Morgan fingerprint density at radius 1 is 1.07 bits per heavy atom. The first kappa shape index (κ1) is 9.91. The molecule has 1 aromatic rings. The van der Waals surface area contributed by atoms with Gasteiger partial charge in [0.25, 0.3) is 0 Å². The van der Waals surface area contributed by atoms with Gasteiger partial charge in [0.2, 0.25) is 0 Å². The van der Waals surface area contributed by atoms with Crippen molar-refractivity contribution >= 4 is 12.9 Å². The van der Waals surface area contributed by atoms with Crippen LogP contribution in [-0.4, -0.2) is 9.79 Å². The van der Waals surface area contributed by atoms with Gasteiger partial charge in [-0.05, 0) is 48.9 Å². The molecule has 0 atom stereocenters. The van der Waals surface area contributed by atoms with Crippen LogP contribution < -0.4 is 5.30 Å². The zero-order valence-corrected chi connectivity index (χ0v) is 8.70. The SMILES string of the molecule is O=P(O)(O)c1ccc2c(c1)CCCC2. The van der Waals surface area contributed by atoms with Gasteiger partial charge in [-0.3, -0.25) is 4.57 Å². The fourth-order valence-electron chi connectivity index (χ4n) is 1.90. The Kier molecular flexibility index (Phi) is 2.48. The maximum absolute atomic E-state index is 11.0. The van der Waals surface area contributed by atoms with Gasteiger partial charge in [0.15, 0.2) is 0 Å². The van der Waals surface area contributed by atoms with Crippen LogP contribution in [0.5, 0.6) is 0 Å². The lowest BCUT2D eigenvalue weighted by molar-refractivity contribution is 0.387. The van der Waals surface area contributed by atoms with Gasteiger partial charge in [0, 0.05) is 0 Å². The number of hydrogen-bond donors (Lipinski definition) is 2. The minimum atomic E-state index is -4.06. The number of fused-ring (bicyclic) bond motifs is 1. The highest BCUT2D eigenvalue weighted by Gasteiger charge is 2.19. The molecule has 1 aliphatic rings. The second-order valence-electron chi connectivity index (χ2n) is 3.70. The van der Waals surface area contributed by atoms with Crippen LogP contribution in [0.1, 0.15) is 24.0 Å². The number of benzene rings is 1. The van der Waals surface area contributed by atoms with Gasteiger partial charge in [-0.25, -0.2) is 0 Å². The Labute approximate surface area is 82.9 Å². The minimum absolute atomic E-state index is 0.151. The van der Waals surface area contributed by atoms with Crippen molar-refractivity contribution in [3.05, 3.63) is 29.3 Å². The summed E-state index contributed by atoms with van der Waals surface area (Å²) in [4.78, 5) is 18.0. The fraction of sp³-hybridized carbons (Fsp3) is 0.400. The molecule has 4 heteroatoms. The Morgan fingerprint density at radius 3 is 2.36 bits per heavy atom. The van der Waals surface area contributed by atoms with E-state index in [1.807, 2.05) is 6.07 Å². The molecule has 3 nitrogen and oxygen atoms in total. The fourth-order valence-corrected chi connectivity index (χ4v) is 2.49. The summed E-state index contributed by atoms with van der Waals surface area (Å²) in [5.41, 5.74) is 2.35. The van der Waals surface area contributed by atoms with Crippen LogP contribution in [0.3, 0.4) is 0 Å². The summed E-state index contributed by atoms with van der Waals surface area (Å²) in [5.74, 6) is 0. The zero-order valence-electron chi connectivity index (χ0n) is 7.81. The van der Waals surface area contributed by atoms with Gasteiger partial charge >= 0.3 is 7.60 Å². The Morgan fingerprint density at radius 2 is 1.71 bits per heavy atom. The summed E-state index contributed by atoms with van der Waals surface area (Å²) in [6.45, 7) is 0. The van der Waals surface area contributed by atoms with E-state index in [0.717, 1.165) is 24.8 Å². The highest BCUT2D eigenvalue weighted by molar-refractivity contribution is 7.60. The topological polar surface area (TPSA) is 57.5 Å². The molecule has 0 heterocycles. The van der Waals surface area contributed by atoms with Crippen LogP contribution in [0.2, 0.25) is 0 Å². The van der Waals surface area contributed by atoms with Crippen LogP contribution in [0.25, 0.3) is 0 Å². The van der Waals surface area contributed by atoms with Gasteiger partial charge in [0.05, 0.1) is 5.30 Å². The highest BCUT2D eigenvalue weighted by atomic mass is 31.2. The Hall–Kier alpha value is -0.630. The van der Waals surface area contributed by atoms with Crippen molar-refractivity contribution in [2.45, 2.75) is 25.7 Å². The molecule has 0 unspecified atom stereocenters. The van der Waals surface area contributed by atoms with Crippen LogP contribution in [0, 0.1) is 0 Å². The third-order valence-electron chi connectivity index (χ3n) is 2.67. The first-order valence-corrected chi connectivity index (χ1v) is 6.36. The van der Waals surface area contributed by atoms with Gasteiger partial charge in [-0.15, -0.1) is 0 Å². The molecule has 0 saturated heterocycles. The van der Waals surface area contributed by atoms with Gasteiger partial charge in [0.1, 0.15) is 0 Å². The molecule has 0 saturated carbocycles. The smallest absolute Gasteiger partial charge is 0.321 e. The lowest BCUT2D eigenvalue weighted by Gasteiger charge is -2.16. The van der Waals surface area contributed by atoms with Crippen molar-refractivity contribution in [2.24, 2.45) is 0 Å². The molecule has 0 radical (unpaired) electrons. The van der Waals surface area contributed by atoms with Gasteiger partial charge in [-0.2, -0.15) is 0 Å². The molecule has 14 heavy (non-hydrogen) atoms. The van der Waals surface area contributed by atoms with Crippen LogP contribution >= 0.6 is 7.60 Å². The molecule has 0 amide bonds. The van der Waals surface area contributed by atoms with E-state index in [1.54, 1.807) is 12.1 Å². The monoisotopic (exact) mass is 212 g/mol. The average Bonchev–Trinajstić information content (AvgIpc) is 2.16. The quantitative estimate of drug-likeness (QED) is 0.691. The van der Waals surface area contributed by atoms with Crippen molar-refractivity contribution in [3.63, 3.8) is 0 Å². The molecule has 0 bridgehead atoms. The molecular formula is C10H13O3P.